The molecule has 104 valence electrons. The van der Waals surface area contributed by atoms with E-state index in [-0.39, 0.29) is 12.5 Å². The number of hydrogen-bond donors (Lipinski definition) is 3. The summed E-state index contributed by atoms with van der Waals surface area (Å²) in [6.45, 7) is 3.44. The molecule has 1 saturated heterocycles. The van der Waals surface area contributed by atoms with E-state index in [4.69, 9.17) is 5.11 Å². The lowest BCUT2D eigenvalue weighted by molar-refractivity contribution is -0.139. The average Bonchev–Trinajstić information content (AvgIpc) is 2.99. The number of carbonyl (C=O) groups is 2. The van der Waals surface area contributed by atoms with E-state index in [0.29, 0.717) is 24.7 Å². The summed E-state index contributed by atoms with van der Waals surface area (Å²) in [5, 5.41) is 11.7. The van der Waals surface area contributed by atoms with Crippen LogP contribution < -0.4 is 5.32 Å². The molecule has 1 aromatic heterocycles. The fraction of sp³-hybridized carbons (Fsp3) is 0.583. The van der Waals surface area contributed by atoms with Crippen molar-refractivity contribution in [2.24, 2.45) is 5.92 Å². The molecule has 0 spiro atoms. The standard InChI is InChI=1S/C12H18N4O3/c1-8-2-3-16(6-8)12(19)15-10(11(17)18)4-9-5-13-7-14-9/h5,7-8,10H,2-4,6H2,1H3,(H,13,14)(H,15,19)(H,17,18)/t8?,10-/m1/s1. The molecule has 7 nitrogen and oxygen atoms in total. The molecule has 0 aromatic carbocycles. The highest BCUT2D eigenvalue weighted by Crippen LogP contribution is 2.15. The molecule has 0 bridgehead atoms. The minimum atomic E-state index is -1.05. The van der Waals surface area contributed by atoms with Crippen LogP contribution in [0.15, 0.2) is 12.5 Å². The monoisotopic (exact) mass is 266 g/mol. The second-order valence-electron chi connectivity index (χ2n) is 4.96. The molecule has 0 saturated carbocycles. The highest BCUT2D eigenvalue weighted by atomic mass is 16.4. The van der Waals surface area contributed by atoms with Gasteiger partial charge in [0.05, 0.1) is 6.33 Å². The number of carbonyl (C=O) groups excluding carboxylic acids is 1. The van der Waals surface area contributed by atoms with E-state index in [0.717, 1.165) is 6.42 Å². The van der Waals surface area contributed by atoms with Crippen molar-refractivity contribution >= 4 is 12.0 Å². The molecule has 2 amide bonds. The molecule has 0 radical (unpaired) electrons. The molecule has 1 unspecified atom stereocenters. The maximum atomic E-state index is 12.0. The van der Waals surface area contributed by atoms with Gasteiger partial charge in [-0.1, -0.05) is 6.92 Å². The van der Waals surface area contributed by atoms with Crippen molar-refractivity contribution in [3.05, 3.63) is 18.2 Å². The van der Waals surface area contributed by atoms with Crippen LogP contribution in [0.1, 0.15) is 19.0 Å². The highest BCUT2D eigenvalue weighted by molar-refractivity contribution is 5.82. The van der Waals surface area contributed by atoms with E-state index < -0.39 is 12.0 Å². The summed E-state index contributed by atoms with van der Waals surface area (Å²) >= 11 is 0. The Kier molecular flexibility index (Phi) is 4.03. The Labute approximate surface area is 111 Å². The van der Waals surface area contributed by atoms with Crippen molar-refractivity contribution < 1.29 is 14.7 Å². The van der Waals surface area contributed by atoms with Gasteiger partial charge in [0, 0.05) is 31.4 Å². The molecule has 3 N–H and O–H groups in total. The molecular formula is C12H18N4O3. The van der Waals surface area contributed by atoms with Gasteiger partial charge in [-0.25, -0.2) is 14.6 Å². The Morgan fingerprint density at radius 2 is 2.47 bits per heavy atom. The zero-order valence-electron chi connectivity index (χ0n) is 10.8. The number of aromatic nitrogens is 2. The normalized spacial score (nSPS) is 20.3. The number of aromatic amines is 1. The summed E-state index contributed by atoms with van der Waals surface area (Å²) in [6, 6.07) is -1.25. The largest absolute Gasteiger partial charge is 0.480 e. The third-order valence-corrected chi connectivity index (χ3v) is 3.29. The first kappa shape index (κ1) is 13.4. The molecule has 1 aliphatic heterocycles. The van der Waals surface area contributed by atoms with Crippen molar-refractivity contribution in [1.82, 2.24) is 20.2 Å². The lowest BCUT2D eigenvalue weighted by atomic mass is 10.1. The Bertz CT molecular complexity index is 446. The lowest BCUT2D eigenvalue weighted by Crippen LogP contribution is -2.48. The lowest BCUT2D eigenvalue weighted by Gasteiger charge is -2.20. The summed E-state index contributed by atoms with van der Waals surface area (Å²) in [5.74, 6) is -0.572. The fourth-order valence-corrected chi connectivity index (χ4v) is 2.18. The summed E-state index contributed by atoms with van der Waals surface area (Å²) < 4.78 is 0. The number of H-pyrrole nitrogens is 1. The Balaban J connectivity index is 1.93. The molecule has 2 heterocycles. The molecule has 2 rings (SSSR count). The number of urea groups is 1. The van der Waals surface area contributed by atoms with Crippen molar-refractivity contribution in [3.8, 4) is 0 Å². The molecule has 0 aliphatic carbocycles. The van der Waals surface area contributed by atoms with Gasteiger partial charge in [0.25, 0.3) is 0 Å². The zero-order valence-corrected chi connectivity index (χ0v) is 10.8. The van der Waals surface area contributed by atoms with Crippen LogP contribution in [-0.2, 0) is 11.2 Å². The number of likely N-dealkylation sites (tertiary alicyclic amines) is 1. The minimum Gasteiger partial charge on any atom is -0.480 e. The van der Waals surface area contributed by atoms with Crippen LogP contribution in [0.25, 0.3) is 0 Å². The van der Waals surface area contributed by atoms with Crippen molar-refractivity contribution in [2.75, 3.05) is 13.1 Å². The molecule has 1 aromatic rings. The molecule has 1 aliphatic rings. The molecular weight excluding hydrogens is 248 g/mol. The van der Waals surface area contributed by atoms with Gasteiger partial charge in [-0.3, -0.25) is 0 Å². The third-order valence-electron chi connectivity index (χ3n) is 3.29. The molecule has 1 fully saturated rings. The summed E-state index contributed by atoms with van der Waals surface area (Å²) in [6.07, 6.45) is 4.20. The van der Waals surface area contributed by atoms with Gasteiger partial charge >= 0.3 is 12.0 Å². The van der Waals surface area contributed by atoms with Crippen molar-refractivity contribution in [2.45, 2.75) is 25.8 Å². The smallest absolute Gasteiger partial charge is 0.326 e. The number of carboxylic acid groups (broad SMARTS) is 1. The van der Waals surface area contributed by atoms with E-state index in [2.05, 4.69) is 22.2 Å². The molecule has 19 heavy (non-hydrogen) atoms. The predicted molar refractivity (Wildman–Crippen MR) is 67.6 cm³/mol. The van der Waals surface area contributed by atoms with Gasteiger partial charge in [-0.15, -0.1) is 0 Å². The maximum Gasteiger partial charge on any atom is 0.326 e. The number of rotatable bonds is 4. The first-order valence-corrected chi connectivity index (χ1v) is 6.31. The van der Waals surface area contributed by atoms with Crippen LogP contribution in [0.5, 0.6) is 0 Å². The first-order valence-electron chi connectivity index (χ1n) is 6.31. The number of imidazole rings is 1. The quantitative estimate of drug-likeness (QED) is 0.737. The molecule has 2 atom stereocenters. The van der Waals surface area contributed by atoms with Gasteiger partial charge in [-0.2, -0.15) is 0 Å². The van der Waals surface area contributed by atoms with E-state index >= 15 is 0 Å². The Morgan fingerprint density at radius 3 is 3.00 bits per heavy atom. The number of nitrogens with zero attached hydrogens (tertiary/aromatic N) is 2. The maximum absolute atomic E-state index is 12.0. The number of hydrogen-bond acceptors (Lipinski definition) is 3. The number of amides is 2. The van der Waals surface area contributed by atoms with Gasteiger partial charge in [0.1, 0.15) is 6.04 Å². The third kappa shape index (κ3) is 3.46. The number of aliphatic carboxylic acids is 1. The SMILES string of the molecule is CC1CCN(C(=O)N[C@H](Cc2cnc[nH]2)C(=O)O)C1. The van der Waals surface area contributed by atoms with Crippen molar-refractivity contribution in [1.29, 1.82) is 0 Å². The van der Waals surface area contributed by atoms with Crippen LogP contribution in [-0.4, -0.2) is 51.1 Å². The Morgan fingerprint density at radius 1 is 1.68 bits per heavy atom. The van der Waals surface area contributed by atoms with Gasteiger partial charge in [0.2, 0.25) is 0 Å². The van der Waals surface area contributed by atoms with E-state index in [9.17, 15) is 9.59 Å². The van der Waals surface area contributed by atoms with E-state index in [1.165, 1.54) is 6.33 Å². The first-order chi connectivity index (χ1) is 9.06. The number of carboxylic acids is 1. The summed E-state index contributed by atoms with van der Waals surface area (Å²) in [5.41, 5.74) is 0.683. The second-order valence-corrected chi connectivity index (χ2v) is 4.96. The van der Waals surface area contributed by atoms with Crippen LogP contribution >= 0.6 is 0 Å². The fourth-order valence-electron chi connectivity index (χ4n) is 2.18. The van der Waals surface area contributed by atoms with Crippen LogP contribution in [0.4, 0.5) is 4.79 Å². The zero-order chi connectivity index (χ0) is 13.8. The Hall–Kier alpha value is -2.05. The second kappa shape index (κ2) is 5.73. The minimum absolute atomic E-state index is 0.199. The van der Waals surface area contributed by atoms with E-state index in [1.807, 2.05) is 0 Å². The summed E-state index contributed by atoms with van der Waals surface area (Å²) in [7, 11) is 0. The van der Waals surface area contributed by atoms with E-state index in [1.54, 1.807) is 11.1 Å². The average molecular weight is 266 g/mol. The topological polar surface area (TPSA) is 98.3 Å². The van der Waals surface area contributed by atoms with Crippen LogP contribution in [0.2, 0.25) is 0 Å². The van der Waals surface area contributed by atoms with Crippen LogP contribution in [0, 0.1) is 5.92 Å². The number of nitrogens with one attached hydrogen (secondary N) is 2. The van der Waals surface area contributed by atoms with Gasteiger partial charge < -0.3 is 20.3 Å². The highest BCUT2D eigenvalue weighted by Gasteiger charge is 2.27. The van der Waals surface area contributed by atoms with Gasteiger partial charge in [0.15, 0.2) is 0 Å². The summed E-state index contributed by atoms with van der Waals surface area (Å²) in [4.78, 5) is 31.5. The molecule has 7 heteroatoms. The van der Waals surface area contributed by atoms with Gasteiger partial charge in [-0.05, 0) is 12.3 Å². The van der Waals surface area contributed by atoms with Crippen LogP contribution in [0.3, 0.4) is 0 Å². The predicted octanol–water partition coefficient (Wildman–Crippen LogP) is 0.457. The van der Waals surface area contributed by atoms with Crippen molar-refractivity contribution in [3.63, 3.8) is 0 Å².